The van der Waals surface area contributed by atoms with Crippen LogP contribution in [0.3, 0.4) is 0 Å². The Kier molecular flexibility index (Phi) is 5.25. The molecule has 0 bridgehead atoms. The van der Waals surface area contributed by atoms with E-state index in [1.807, 2.05) is 24.4 Å². The van der Waals surface area contributed by atoms with Gasteiger partial charge in [-0.15, -0.1) is 5.10 Å². The molecule has 2 aromatic heterocycles. The van der Waals surface area contributed by atoms with Crippen LogP contribution in [0.15, 0.2) is 43.0 Å². The highest BCUT2D eigenvalue weighted by atomic mass is 16.5. The zero-order valence-electron chi connectivity index (χ0n) is 14.0. The van der Waals surface area contributed by atoms with Gasteiger partial charge in [0, 0.05) is 24.9 Å². The van der Waals surface area contributed by atoms with Gasteiger partial charge in [-0.25, -0.2) is 9.97 Å². The molecule has 9 nitrogen and oxygen atoms in total. The smallest absolute Gasteiger partial charge is 0.146 e. The second-order valence-electron chi connectivity index (χ2n) is 5.07. The SMILES string of the molecule is COc1ccc(Nc2cc(NCCn3ccnn3)ncn2)c(OC)c1. The van der Waals surface area contributed by atoms with Crippen molar-refractivity contribution < 1.29 is 9.47 Å². The van der Waals surface area contributed by atoms with Crippen molar-refractivity contribution in [2.75, 3.05) is 31.4 Å². The van der Waals surface area contributed by atoms with Crippen molar-refractivity contribution in [1.29, 1.82) is 0 Å². The normalized spacial score (nSPS) is 10.3. The Morgan fingerprint density at radius 1 is 1.08 bits per heavy atom. The molecule has 0 saturated carbocycles. The first-order chi connectivity index (χ1) is 12.3. The van der Waals surface area contributed by atoms with Crippen molar-refractivity contribution in [3.63, 3.8) is 0 Å². The van der Waals surface area contributed by atoms with E-state index in [2.05, 4.69) is 30.9 Å². The molecule has 0 aliphatic carbocycles. The van der Waals surface area contributed by atoms with Crippen molar-refractivity contribution >= 4 is 17.3 Å². The topological polar surface area (TPSA) is 99.0 Å². The number of benzene rings is 1. The molecule has 3 aromatic rings. The lowest BCUT2D eigenvalue weighted by atomic mass is 10.2. The van der Waals surface area contributed by atoms with E-state index in [-0.39, 0.29) is 0 Å². The third kappa shape index (κ3) is 4.34. The van der Waals surface area contributed by atoms with Crippen molar-refractivity contribution in [2.24, 2.45) is 0 Å². The predicted octanol–water partition coefficient (Wildman–Crippen LogP) is 1.94. The summed E-state index contributed by atoms with van der Waals surface area (Å²) in [6, 6.07) is 7.35. The number of hydrogen-bond acceptors (Lipinski definition) is 8. The van der Waals surface area contributed by atoms with Gasteiger partial charge in [-0.2, -0.15) is 0 Å². The number of aromatic nitrogens is 5. The molecule has 0 saturated heterocycles. The van der Waals surface area contributed by atoms with Gasteiger partial charge in [-0.1, -0.05) is 5.21 Å². The fourth-order valence-corrected chi connectivity index (χ4v) is 2.21. The van der Waals surface area contributed by atoms with E-state index in [1.54, 1.807) is 31.2 Å². The molecule has 0 aliphatic rings. The van der Waals surface area contributed by atoms with Crippen LogP contribution in [0, 0.1) is 0 Å². The molecule has 2 N–H and O–H groups in total. The first kappa shape index (κ1) is 16.5. The fourth-order valence-electron chi connectivity index (χ4n) is 2.21. The highest BCUT2D eigenvalue weighted by molar-refractivity contribution is 5.66. The Morgan fingerprint density at radius 2 is 1.96 bits per heavy atom. The maximum absolute atomic E-state index is 5.38. The Labute approximate surface area is 145 Å². The van der Waals surface area contributed by atoms with Crippen molar-refractivity contribution in [3.8, 4) is 11.5 Å². The van der Waals surface area contributed by atoms with E-state index in [4.69, 9.17) is 9.47 Å². The molecule has 0 aliphatic heterocycles. The van der Waals surface area contributed by atoms with Crippen LogP contribution in [-0.4, -0.2) is 45.7 Å². The average Bonchev–Trinajstić information content (AvgIpc) is 3.16. The molecule has 0 amide bonds. The minimum atomic E-state index is 0.654. The molecule has 1 aromatic carbocycles. The minimum Gasteiger partial charge on any atom is -0.497 e. The summed E-state index contributed by atoms with van der Waals surface area (Å²) in [6.45, 7) is 1.37. The van der Waals surface area contributed by atoms with Crippen LogP contribution in [0.5, 0.6) is 11.5 Å². The van der Waals surface area contributed by atoms with Crippen LogP contribution in [-0.2, 0) is 6.54 Å². The first-order valence-electron chi connectivity index (χ1n) is 7.67. The molecule has 2 heterocycles. The molecule has 0 fully saturated rings. The third-order valence-electron chi connectivity index (χ3n) is 3.46. The molecule has 0 unspecified atom stereocenters. The maximum Gasteiger partial charge on any atom is 0.146 e. The van der Waals surface area contributed by atoms with E-state index in [9.17, 15) is 0 Å². The number of hydrogen-bond donors (Lipinski definition) is 2. The molecular weight excluding hydrogens is 322 g/mol. The summed E-state index contributed by atoms with van der Waals surface area (Å²) in [6.07, 6.45) is 4.95. The summed E-state index contributed by atoms with van der Waals surface area (Å²) in [5, 5.41) is 14.1. The van der Waals surface area contributed by atoms with E-state index in [0.717, 1.165) is 11.4 Å². The van der Waals surface area contributed by atoms with E-state index in [0.29, 0.717) is 30.5 Å². The number of nitrogens with zero attached hydrogens (tertiary/aromatic N) is 5. The maximum atomic E-state index is 5.38. The highest BCUT2D eigenvalue weighted by Gasteiger charge is 2.07. The van der Waals surface area contributed by atoms with Gasteiger partial charge in [0.25, 0.3) is 0 Å². The lowest BCUT2D eigenvalue weighted by Crippen LogP contribution is -2.12. The number of ether oxygens (including phenoxy) is 2. The molecule has 3 rings (SSSR count). The van der Waals surface area contributed by atoms with Crippen LogP contribution in [0.25, 0.3) is 0 Å². The van der Waals surface area contributed by atoms with Gasteiger partial charge in [-0.05, 0) is 12.1 Å². The second kappa shape index (κ2) is 7.95. The van der Waals surface area contributed by atoms with Gasteiger partial charge >= 0.3 is 0 Å². The Hall–Kier alpha value is -3.36. The monoisotopic (exact) mass is 341 g/mol. The largest absolute Gasteiger partial charge is 0.497 e. The van der Waals surface area contributed by atoms with Gasteiger partial charge in [0.05, 0.1) is 32.6 Å². The molecule has 0 radical (unpaired) electrons. The standard InChI is InChI=1S/C16H19N7O2/c1-24-12-3-4-13(14(9-12)25-2)21-16-10-15(18-11-19-16)17-5-7-23-8-6-20-22-23/h3-4,6,8-11H,5,7H2,1-2H3,(H2,17,18,19,21). The Morgan fingerprint density at radius 3 is 2.72 bits per heavy atom. The highest BCUT2D eigenvalue weighted by Crippen LogP contribution is 2.31. The first-order valence-corrected chi connectivity index (χ1v) is 7.67. The van der Waals surface area contributed by atoms with Crippen LogP contribution in [0.2, 0.25) is 0 Å². The van der Waals surface area contributed by atoms with Gasteiger partial charge in [0.15, 0.2) is 0 Å². The predicted molar refractivity (Wildman–Crippen MR) is 93.4 cm³/mol. The lowest BCUT2D eigenvalue weighted by molar-refractivity contribution is 0.395. The van der Waals surface area contributed by atoms with Gasteiger partial charge in [0.1, 0.15) is 29.5 Å². The van der Waals surface area contributed by atoms with Crippen LogP contribution < -0.4 is 20.1 Å². The van der Waals surface area contributed by atoms with Gasteiger partial charge in [-0.3, -0.25) is 4.68 Å². The van der Waals surface area contributed by atoms with Gasteiger partial charge < -0.3 is 20.1 Å². The summed E-state index contributed by atoms with van der Waals surface area (Å²) in [4.78, 5) is 8.45. The van der Waals surface area contributed by atoms with Crippen molar-refractivity contribution in [2.45, 2.75) is 6.54 Å². The van der Waals surface area contributed by atoms with Crippen molar-refractivity contribution in [3.05, 3.63) is 43.0 Å². The zero-order chi connectivity index (χ0) is 17.5. The second-order valence-corrected chi connectivity index (χ2v) is 5.07. The van der Waals surface area contributed by atoms with Crippen LogP contribution >= 0.6 is 0 Å². The number of nitrogens with one attached hydrogen (secondary N) is 2. The number of rotatable bonds is 8. The molecule has 0 spiro atoms. The molecule has 25 heavy (non-hydrogen) atoms. The molecule has 9 heteroatoms. The number of methoxy groups -OCH3 is 2. The minimum absolute atomic E-state index is 0.654. The fraction of sp³-hybridized carbons (Fsp3) is 0.250. The zero-order valence-corrected chi connectivity index (χ0v) is 14.0. The molecule has 130 valence electrons. The van der Waals surface area contributed by atoms with E-state index in [1.165, 1.54) is 6.33 Å². The van der Waals surface area contributed by atoms with Crippen LogP contribution in [0.4, 0.5) is 17.3 Å². The van der Waals surface area contributed by atoms with E-state index < -0.39 is 0 Å². The summed E-state index contributed by atoms with van der Waals surface area (Å²) in [5.74, 6) is 2.76. The summed E-state index contributed by atoms with van der Waals surface area (Å²) in [5.41, 5.74) is 0.788. The van der Waals surface area contributed by atoms with Crippen LogP contribution in [0.1, 0.15) is 0 Å². The van der Waals surface area contributed by atoms with E-state index >= 15 is 0 Å². The van der Waals surface area contributed by atoms with Gasteiger partial charge in [0.2, 0.25) is 0 Å². The Bertz CT molecular complexity index is 808. The third-order valence-corrected chi connectivity index (χ3v) is 3.46. The van der Waals surface area contributed by atoms with Crippen molar-refractivity contribution in [1.82, 2.24) is 25.0 Å². The summed E-state index contributed by atoms with van der Waals surface area (Å²) >= 11 is 0. The Balaban J connectivity index is 1.65. The summed E-state index contributed by atoms with van der Waals surface area (Å²) < 4.78 is 12.3. The lowest BCUT2D eigenvalue weighted by Gasteiger charge is -2.12. The molecule has 0 atom stereocenters. The molecular formula is C16H19N7O2. The number of anilines is 3. The quantitative estimate of drug-likeness (QED) is 0.641. The average molecular weight is 341 g/mol. The summed E-state index contributed by atoms with van der Waals surface area (Å²) in [7, 11) is 3.22.